The molecule has 0 aliphatic carbocycles. The summed E-state index contributed by atoms with van der Waals surface area (Å²) in [5.74, 6) is 1.18. The Morgan fingerprint density at radius 3 is 2.31 bits per heavy atom. The number of benzene rings is 1. The van der Waals surface area contributed by atoms with Crippen LogP contribution in [0.1, 0.15) is 26.3 Å². The number of halogens is 3. The Bertz CT molecular complexity index is 340. The number of hydrogen-bond acceptors (Lipinski definition) is 0. The molecule has 1 rings (SSSR count). The average Bonchev–Trinajstić information content (AvgIpc) is 2.19. The van der Waals surface area contributed by atoms with Crippen LogP contribution in [0.4, 0.5) is 0 Å². The van der Waals surface area contributed by atoms with Crippen LogP contribution in [0.5, 0.6) is 0 Å². The summed E-state index contributed by atoms with van der Waals surface area (Å²) in [6.07, 6.45) is 0.962. The van der Waals surface area contributed by atoms with E-state index in [2.05, 4.69) is 42.8 Å². The Hall–Kier alpha value is 0.280. The summed E-state index contributed by atoms with van der Waals surface area (Å²) >= 11 is 15.9. The van der Waals surface area contributed by atoms with Gasteiger partial charge in [0.05, 0.1) is 10.0 Å². The SMILES string of the molecule is CC(C)C(Cc1cccc(Cl)c1Cl)C(C)Br. The second-order valence-electron chi connectivity index (χ2n) is 4.50. The van der Waals surface area contributed by atoms with Crippen LogP contribution in [0, 0.1) is 11.8 Å². The highest BCUT2D eigenvalue weighted by Crippen LogP contribution is 2.31. The summed E-state index contributed by atoms with van der Waals surface area (Å²) < 4.78 is 0. The van der Waals surface area contributed by atoms with Crippen molar-refractivity contribution in [2.24, 2.45) is 11.8 Å². The van der Waals surface area contributed by atoms with Crippen molar-refractivity contribution in [2.75, 3.05) is 0 Å². The van der Waals surface area contributed by atoms with Crippen molar-refractivity contribution in [1.82, 2.24) is 0 Å². The summed E-state index contributed by atoms with van der Waals surface area (Å²) in [5, 5.41) is 1.34. The van der Waals surface area contributed by atoms with Crippen molar-refractivity contribution in [3.63, 3.8) is 0 Å². The first kappa shape index (κ1) is 14.3. The van der Waals surface area contributed by atoms with Crippen LogP contribution in [-0.4, -0.2) is 4.83 Å². The zero-order chi connectivity index (χ0) is 12.3. The lowest BCUT2D eigenvalue weighted by atomic mass is 9.87. The van der Waals surface area contributed by atoms with Gasteiger partial charge in [-0.1, -0.05) is 72.0 Å². The van der Waals surface area contributed by atoms with E-state index in [1.54, 1.807) is 0 Å². The van der Waals surface area contributed by atoms with Gasteiger partial charge in [-0.05, 0) is 29.9 Å². The number of alkyl halides is 1. The predicted octanol–water partition coefficient (Wildman–Crippen LogP) is 5.59. The summed E-state index contributed by atoms with van der Waals surface area (Å²) in [6.45, 7) is 6.66. The average molecular weight is 324 g/mol. The second kappa shape index (κ2) is 6.28. The van der Waals surface area contributed by atoms with E-state index in [-0.39, 0.29) is 0 Å². The van der Waals surface area contributed by atoms with Crippen molar-refractivity contribution in [2.45, 2.75) is 32.0 Å². The molecule has 0 saturated carbocycles. The van der Waals surface area contributed by atoms with E-state index in [9.17, 15) is 0 Å². The molecular formula is C13H17BrCl2. The van der Waals surface area contributed by atoms with Gasteiger partial charge in [0.1, 0.15) is 0 Å². The Labute approximate surface area is 116 Å². The minimum atomic E-state index is 0.475. The van der Waals surface area contributed by atoms with E-state index >= 15 is 0 Å². The van der Waals surface area contributed by atoms with E-state index in [1.165, 1.54) is 0 Å². The molecule has 1 aromatic rings. The molecule has 2 unspecified atom stereocenters. The number of hydrogen-bond donors (Lipinski definition) is 0. The summed E-state index contributed by atoms with van der Waals surface area (Å²) in [7, 11) is 0. The molecule has 0 aliphatic heterocycles. The smallest absolute Gasteiger partial charge is 0.0624 e. The van der Waals surface area contributed by atoms with Gasteiger partial charge in [0.15, 0.2) is 0 Å². The maximum absolute atomic E-state index is 6.20. The molecule has 90 valence electrons. The van der Waals surface area contributed by atoms with E-state index in [0.717, 1.165) is 12.0 Å². The molecule has 0 spiro atoms. The van der Waals surface area contributed by atoms with Crippen LogP contribution < -0.4 is 0 Å². The van der Waals surface area contributed by atoms with Gasteiger partial charge in [0, 0.05) is 4.83 Å². The molecule has 0 radical (unpaired) electrons. The normalized spacial score (nSPS) is 15.2. The van der Waals surface area contributed by atoms with Crippen LogP contribution in [0.25, 0.3) is 0 Å². The van der Waals surface area contributed by atoms with Gasteiger partial charge >= 0.3 is 0 Å². The third-order valence-corrected chi connectivity index (χ3v) is 4.47. The topological polar surface area (TPSA) is 0 Å². The predicted molar refractivity (Wildman–Crippen MR) is 76.9 cm³/mol. The maximum Gasteiger partial charge on any atom is 0.0624 e. The van der Waals surface area contributed by atoms with Crippen LogP contribution in [-0.2, 0) is 6.42 Å². The molecule has 0 nitrogen and oxygen atoms in total. The van der Waals surface area contributed by atoms with Gasteiger partial charge in [-0.3, -0.25) is 0 Å². The zero-order valence-corrected chi connectivity index (χ0v) is 12.9. The lowest BCUT2D eigenvalue weighted by Gasteiger charge is -2.24. The summed E-state index contributed by atoms with van der Waals surface area (Å²) in [5.41, 5.74) is 1.14. The Balaban J connectivity index is 2.90. The summed E-state index contributed by atoms with van der Waals surface area (Å²) in [4.78, 5) is 0.475. The minimum Gasteiger partial charge on any atom is -0.0890 e. The molecule has 0 N–H and O–H groups in total. The van der Waals surface area contributed by atoms with Crippen molar-refractivity contribution in [3.05, 3.63) is 33.8 Å². The largest absolute Gasteiger partial charge is 0.0890 e. The lowest BCUT2D eigenvalue weighted by molar-refractivity contribution is 0.384. The summed E-state index contributed by atoms with van der Waals surface area (Å²) in [6, 6.07) is 5.84. The Morgan fingerprint density at radius 1 is 1.19 bits per heavy atom. The molecule has 16 heavy (non-hydrogen) atoms. The Kier molecular flexibility index (Phi) is 5.63. The first-order chi connectivity index (χ1) is 7.43. The standard InChI is InChI=1S/C13H17BrCl2/c1-8(2)11(9(3)14)7-10-5-4-6-12(15)13(10)16/h4-6,8-9,11H,7H2,1-3H3. The van der Waals surface area contributed by atoms with E-state index in [4.69, 9.17) is 23.2 Å². The van der Waals surface area contributed by atoms with Crippen LogP contribution >= 0.6 is 39.1 Å². The van der Waals surface area contributed by atoms with Gasteiger partial charge in [0.2, 0.25) is 0 Å². The van der Waals surface area contributed by atoms with Crippen molar-refractivity contribution < 1.29 is 0 Å². The Morgan fingerprint density at radius 2 is 1.81 bits per heavy atom. The minimum absolute atomic E-state index is 0.475. The fourth-order valence-electron chi connectivity index (χ4n) is 1.89. The molecule has 0 bridgehead atoms. The molecule has 0 aliphatic rings. The molecule has 0 heterocycles. The van der Waals surface area contributed by atoms with E-state index < -0.39 is 0 Å². The maximum atomic E-state index is 6.20. The van der Waals surface area contributed by atoms with Gasteiger partial charge in [0.25, 0.3) is 0 Å². The molecular weight excluding hydrogens is 307 g/mol. The van der Waals surface area contributed by atoms with Crippen LogP contribution in [0.15, 0.2) is 18.2 Å². The highest BCUT2D eigenvalue weighted by molar-refractivity contribution is 9.09. The second-order valence-corrected chi connectivity index (χ2v) is 6.73. The van der Waals surface area contributed by atoms with Gasteiger partial charge in [-0.25, -0.2) is 0 Å². The van der Waals surface area contributed by atoms with Gasteiger partial charge in [-0.15, -0.1) is 0 Å². The van der Waals surface area contributed by atoms with Crippen molar-refractivity contribution in [1.29, 1.82) is 0 Å². The first-order valence-corrected chi connectivity index (χ1v) is 7.17. The van der Waals surface area contributed by atoms with Crippen molar-refractivity contribution >= 4 is 39.1 Å². The monoisotopic (exact) mass is 322 g/mol. The molecule has 0 aromatic heterocycles. The third-order valence-electron chi connectivity index (χ3n) is 2.93. The molecule has 3 heteroatoms. The van der Waals surface area contributed by atoms with Crippen LogP contribution in [0.2, 0.25) is 10.0 Å². The fourth-order valence-corrected chi connectivity index (χ4v) is 3.08. The highest BCUT2D eigenvalue weighted by Gasteiger charge is 2.20. The number of rotatable bonds is 4. The molecule has 0 fully saturated rings. The molecule has 0 amide bonds. The van der Waals surface area contributed by atoms with E-state index in [0.29, 0.717) is 26.7 Å². The van der Waals surface area contributed by atoms with E-state index in [1.807, 2.05) is 12.1 Å². The van der Waals surface area contributed by atoms with Crippen LogP contribution in [0.3, 0.4) is 0 Å². The first-order valence-electron chi connectivity index (χ1n) is 5.50. The zero-order valence-electron chi connectivity index (χ0n) is 9.81. The quantitative estimate of drug-likeness (QED) is 0.633. The van der Waals surface area contributed by atoms with Gasteiger partial charge < -0.3 is 0 Å². The van der Waals surface area contributed by atoms with Crippen molar-refractivity contribution in [3.8, 4) is 0 Å². The lowest BCUT2D eigenvalue weighted by Crippen LogP contribution is -2.20. The highest BCUT2D eigenvalue weighted by atomic mass is 79.9. The molecule has 0 saturated heterocycles. The fraction of sp³-hybridized carbons (Fsp3) is 0.538. The van der Waals surface area contributed by atoms with Gasteiger partial charge in [-0.2, -0.15) is 0 Å². The molecule has 2 atom stereocenters. The molecule has 1 aromatic carbocycles. The third kappa shape index (κ3) is 3.65.